The van der Waals surface area contributed by atoms with Crippen LogP contribution in [0.2, 0.25) is 0 Å². The third-order valence-electron chi connectivity index (χ3n) is 5.46. The van der Waals surface area contributed by atoms with Crippen molar-refractivity contribution in [1.82, 2.24) is 5.06 Å². The normalized spacial score (nSPS) is 33.2. The molecule has 3 rings (SSSR count). The summed E-state index contributed by atoms with van der Waals surface area (Å²) in [5, 5.41) is 0.961. The van der Waals surface area contributed by atoms with E-state index in [4.69, 9.17) is 11.5 Å². The van der Waals surface area contributed by atoms with Gasteiger partial charge in [-0.1, -0.05) is 26.0 Å². The highest BCUT2D eigenvalue weighted by Gasteiger charge is 2.61. The molecule has 6 atom stereocenters. The molecule has 24 heavy (non-hydrogen) atoms. The van der Waals surface area contributed by atoms with E-state index in [-0.39, 0.29) is 47.7 Å². The standard InChI is InChI=1S/C9H8NO3.2C4H9O.Al/c11-8-6-4-1-2-5(3-4)7(6)9(12)10(8)13;2*1-3-4(2)5;/h1-2,4-7H,3H2;2*4H,3H2,1-2H3;/q3*-1;+3. The topological polar surface area (TPSA) is 65.1 Å². The summed E-state index contributed by atoms with van der Waals surface area (Å²) >= 11 is -2.61. The molecule has 1 heterocycles. The number of amides is 2. The summed E-state index contributed by atoms with van der Waals surface area (Å²) in [7, 11) is 0. The molecule has 2 amide bonds. The Morgan fingerprint density at radius 3 is 1.92 bits per heavy atom. The Balaban J connectivity index is 1.70. The van der Waals surface area contributed by atoms with E-state index in [1.807, 2.05) is 27.7 Å². The van der Waals surface area contributed by atoms with Crippen molar-refractivity contribution < 1.29 is 21.1 Å². The molecular weight excluding hydrogens is 325 g/mol. The van der Waals surface area contributed by atoms with Crippen LogP contribution in [0.4, 0.5) is 0 Å². The summed E-state index contributed by atoms with van der Waals surface area (Å²) in [5.41, 5.74) is 0. The fourth-order valence-electron chi connectivity index (χ4n) is 3.72. The van der Waals surface area contributed by atoms with Crippen LogP contribution in [-0.4, -0.2) is 44.2 Å². The quantitative estimate of drug-likeness (QED) is 0.382. The van der Waals surface area contributed by atoms with Crippen LogP contribution in [0.25, 0.3) is 0 Å². The Morgan fingerprint density at radius 1 is 1.04 bits per heavy atom. The predicted molar refractivity (Wildman–Crippen MR) is 88.1 cm³/mol. The summed E-state index contributed by atoms with van der Waals surface area (Å²) in [4.78, 5) is 25.4. The summed E-state index contributed by atoms with van der Waals surface area (Å²) < 4.78 is 17.5. The van der Waals surface area contributed by atoms with Gasteiger partial charge in [0.2, 0.25) is 0 Å². The molecule has 6 nitrogen and oxygen atoms in total. The number of carbonyl (C=O) groups is 2. The van der Waals surface area contributed by atoms with Crippen molar-refractivity contribution in [3.8, 4) is 0 Å². The molecule has 1 aliphatic heterocycles. The van der Waals surface area contributed by atoms with Gasteiger partial charge in [0.25, 0.3) is 11.8 Å². The maximum absolute atomic E-state index is 12.7. The van der Waals surface area contributed by atoms with Crippen LogP contribution in [0, 0.1) is 23.7 Å². The average molecular weight is 351 g/mol. The van der Waals surface area contributed by atoms with E-state index >= 15 is 0 Å². The molecule has 0 spiro atoms. The van der Waals surface area contributed by atoms with Crippen molar-refractivity contribution in [2.24, 2.45) is 23.7 Å². The van der Waals surface area contributed by atoms with Gasteiger partial charge in [0.05, 0.1) is 11.8 Å². The van der Waals surface area contributed by atoms with Crippen molar-refractivity contribution in [1.29, 1.82) is 0 Å². The predicted octanol–water partition coefficient (Wildman–Crippen LogP) is 2.34. The number of rotatable bonds is 8. The number of hydroxylamine groups is 2. The van der Waals surface area contributed by atoms with E-state index in [1.165, 1.54) is 0 Å². The first-order valence-electron chi connectivity index (χ1n) is 9.00. The van der Waals surface area contributed by atoms with Crippen molar-refractivity contribution in [3.63, 3.8) is 0 Å². The molecule has 2 bridgehead atoms. The summed E-state index contributed by atoms with van der Waals surface area (Å²) in [5.74, 6) is -0.601. The van der Waals surface area contributed by atoms with Gasteiger partial charge in [-0.2, -0.15) is 5.06 Å². The second-order valence-electron chi connectivity index (χ2n) is 7.07. The highest BCUT2D eigenvalue weighted by molar-refractivity contribution is 6.37. The third-order valence-corrected chi connectivity index (χ3v) is 7.21. The van der Waals surface area contributed by atoms with Crippen molar-refractivity contribution in [2.45, 2.75) is 59.2 Å². The zero-order valence-electron chi connectivity index (χ0n) is 14.8. The molecule has 3 aliphatic rings. The minimum atomic E-state index is -2.61. The summed E-state index contributed by atoms with van der Waals surface area (Å²) in [6.07, 6.45) is 6.62. The van der Waals surface area contributed by atoms with Gasteiger partial charge in [-0.25, -0.2) is 0 Å². The maximum atomic E-state index is 12.7. The van der Waals surface area contributed by atoms with Gasteiger partial charge >= 0.3 is 15.1 Å². The van der Waals surface area contributed by atoms with Crippen molar-refractivity contribution >= 4 is 27.0 Å². The Labute approximate surface area is 148 Å². The molecule has 1 saturated carbocycles. The highest BCUT2D eigenvalue weighted by Crippen LogP contribution is 2.52. The molecule has 1 saturated heterocycles. The Morgan fingerprint density at radius 2 is 1.50 bits per heavy atom. The second-order valence-corrected chi connectivity index (χ2v) is 8.41. The lowest BCUT2D eigenvalue weighted by Gasteiger charge is -2.24. The lowest BCUT2D eigenvalue weighted by molar-refractivity contribution is -0.177. The number of fused-ring (bicyclic) bond motifs is 5. The van der Waals surface area contributed by atoms with Gasteiger partial charge in [0.15, 0.2) is 0 Å². The van der Waals surface area contributed by atoms with Crippen LogP contribution in [0.5, 0.6) is 0 Å². The van der Waals surface area contributed by atoms with Gasteiger partial charge in [-0.05, 0) is 44.9 Å². The van der Waals surface area contributed by atoms with Crippen LogP contribution in [0.1, 0.15) is 47.0 Å². The van der Waals surface area contributed by atoms with Crippen LogP contribution in [-0.2, 0) is 21.1 Å². The molecule has 0 aromatic carbocycles. The van der Waals surface area contributed by atoms with Crippen molar-refractivity contribution in [2.75, 3.05) is 0 Å². The van der Waals surface area contributed by atoms with Crippen LogP contribution < -0.4 is 0 Å². The van der Waals surface area contributed by atoms with E-state index in [9.17, 15) is 9.59 Å². The Bertz CT molecular complexity index is 497. The first kappa shape index (κ1) is 18.1. The molecule has 0 N–H and O–H groups in total. The lowest BCUT2D eigenvalue weighted by Crippen LogP contribution is -2.44. The van der Waals surface area contributed by atoms with Gasteiger partial charge in [0.1, 0.15) is 0 Å². The average Bonchev–Trinajstić information content (AvgIpc) is 3.24. The number of hydrogen-bond donors (Lipinski definition) is 0. The number of allylic oxidation sites excluding steroid dienone is 2. The third kappa shape index (κ3) is 3.21. The number of carbonyl (C=O) groups excluding carboxylic acids is 2. The Hall–Kier alpha value is -0.708. The van der Waals surface area contributed by atoms with Gasteiger partial charge in [-0.15, -0.1) is 0 Å². The largest absolute Gasteiger partial charge is 0.929 e. The molecule has 0 aromatic rings. The van der Waals surface area contributed by atoms with E-state index in [0.29, 0.717) is 0 Å². The first-order chi connectivity index (χ1) is 11.5. The maximum Gasteiger partial charge on any atom is 0.929 e. The number of hydrogen-bond acceptors (Lipinski definition) is 5. The molecular formula is C17H26AlNO5. The van der Waals surface area contributed by atoms with Gasteiger partial charge in [-0.3, -0.25) is 9.59 Å². The minimum absolute atomic E-state index is 0.0316. The van der Waals surface area contributed by atoms with Crippen LogP contribution in [0.15, 0.2) is 12.2 Å². The van der Waals surface area contributed by atoms with E-state index in [2.05, 4.69) is 12.2 Å². The molecule has 132 valence electrons. The summed E-state index contributed by atoms with van der Waals surface area (Å²) in [6, 6.07) is 0. The van der Waals surface area contributed by atoms with Crippen LogP contribution in [0.3, 0.4) is 0 Å². The zero-order chi connectivity index (χ0) is 17.4. The monoisotopic (exact) mass is 351 g/mol. The van der Waals surface area contributed by atoms with E-state index in [1.54, 1.807) is 0 Å². The SMILES string of the molecule is CCC(C)[O][Al]([O]C(C)CC)[O]N1C(=O)C2C3C=CC(C3)C2C1=O. The van der Waals surface area contributed by atoms with Crippen molar-refractivity contribution in [3.05, 3.63) is 12.2 Å². The second kappa shape index (κ2) is 7.27. The number of imide groups is 1. The van der Waals surface area contributed by atoms with Gasteiger partial charge < -0.3 is 11.5 Å². The van der Waals surface area contributed by atoms with E-state index in [0.717, 1.165) is 24.3 Å². The fourth-order valence-corrected chi connectivity index (χ4v) is 5.41. The molecule has 2 aliphatic carbocycles. The fraction of sp³-hybridized carbons (Fsp3) is 0.765. The molecule has 2 fully saturated rings. The lowest BCUT2D eigenvalue weighted by atomic mass is 9.85. The molecule has 7 heteroatoms. The van der Waals surface area contributed by atoms with E-state index < -0.39 is 15.1 Å². The minimum Gasteiger partial charge on any atom is -0.451 e. The van der Waals surface area contributed by atoms with Gasteiger partial charge in [0, 0.05) is 12.2 Å². The first-order valence-corrected chi connectivity index (χ1v) is 10.4. The molecule has 0 radical (unpaired) electrons. The molecule has 6 unspecified atom stereocenters. The Kier molecular flexibility index (Phi) is 5.48. The smallest absolute Gasteiger partial charge is 0.451 e. The molecule has 0 aromatic heterocycles. The zero-order valence-corrected chi connectivity index (χ0v) is 16.0. The van der Waals surface area contributed by atoms with Crippen LogP contribution >= 0.6 is 0 Å². The highest BCUT2D eigenvalue weighted by atomic mass is 27.3. The number of nitrogens with zero attached hydrogens (tertiary/aromatic N) is 1. The summed E-state index contributed by atoms with van der Waals surface area (Å²) in [6.45, 7) is 7.91.